The third-order valence-electron chi connectivity index (χ3n) is 6.87. The normalized spacial score (nSPS) is 14.8. The molecule has 11 heteroatoms. The highest BCUT2D eigenvalue weighted by molar-refractivity contribution is 5.89. The molecule has 0 saturated heterocycles. The molecule has 1 aliphatic rings. The van der Waals surface area contributed by atoms with Crippen LogP contribution in [0.3, 0.4) is 0 Å². The Morgan fingerprint density at radius 2 is 1.95 bits per heavy atom. The lowest BCUT2D eigenvalue weighted by Gasteiger charge is -2.11. The fourth-order valence-corrected chi connectivity index (χ4v) is 5.19. The standard InChI is InChI=1S/C29H23F3N4O4/c1-2-38-25(37)14-16-5-7-22-23-13-17(6-8-24(23)34-26(16)22)27-35-28(40-36-27)20-10-19(18-4-3-9-33-15-18)11-21(12-20)39-29(30,31)32/h3-4,6,8-13,15-16,34H,2,5,7,14H2,1H3. The van der Waals surface area contributed by atoms with Gasteiger partial charge < -0.3 is 19.0 Å². The maximum atomic E-state index is 13.0. The van der Waals surface area contributed by atoms with Crippen molar-refractivity contribution in [3.63, 3.8) is 0 Å². The van der Waals surface area contributed by atoms with Crippen molar-refractivity contribution < 1.29 is 32.0 Å². The Morgan fingerprint density at radius 3 is 2.73 bits per heavy atom. The van der Waals surface area contributed by atoms with E-state index in [9.17, 15) is 18.0 Å². The Hall–Kier alpha value is -4.67. The molecule has 0 saturated carbocycles. The summed E-state index contributed by atoms with van der Waals surface area (Å²) in [6.45, 7) is 2.14. The molecule has 8 nitrogen and oxygen atoms in total. The Morgan fingerprint density at radius 1 is 1.10 bits per heavy atom. The van der Waals surface area contributed by atoms with Gasteiger partial charge in [-0.25, -0.2) is 0 Å². The van der Waals surface area contributed by atoms with Crippen LogP contribution in [0, 0.1) is 0 Å². The topological polar surface area (TPSA) is 103 Å². The zero-order valence-corrected chi connectivity index (χ0v) is 21.3. The van der Waals surface area contributed by atoms with Crippen LogP contribution in [-0.4, -0.2) is 39.0 Å². The second-order valence-corrected chi connectivity index (χ2v) is 9.48. The van der Waals surface area contributed by atoms with E-state index in [1.54, 1.807) is 31.3 Å². The maximum absolute atomic E-state index is 13.0. The van der Waals surface area contributed by atoms with Crippen LogP contribution in [0.25, 0.3) is 44.9 Å². The number of aromatic amines is 1. The number of hydrogen-bond acceptors (Lipinski definition) is 7. The molecule has 0 amide bonds. The predicted molar refractivity (Wildman–Crippen MR) is 139 cm³/mol. The number of aromatic nitrogens is 4. The lowest BCUT2D eigenvalue weighted by Crippen LogP contribution is -2.17. The van der Waals surface area contributed by atoms with E-state index in [2.05, 4.69) is 24.8 Å². The number of rotatable bonds is 7. The molecule has 0 aliphatic heterocycles. The van der Waals surface area contributed by atoms with Crippen LogP contribution in [0.15, 0.2) is 65.4 Å². The molecule has 0 radical (unpaired) electrons. The largest absolute Gasteiger partial charge is 0.573 e. The van der Waals surface area contributed by atoms with E-state index in [0.29, 0.717) is 29.7 Å². The monoisotopic (exact) mass is 548 g/mol. The first kappa shape index (κ1) is 25.6. The highest BCUT2D eigenvalue weighted by Crippen LogP contribution is 2.41. The molecule has 6 rings (SSSR count). The minimum Gasteiger partial charge on any atom is -0.466 e. The molecule has 5 aromatic rings. The first-order chi connectivity index (χ1) is 19.3. The molecular weight excluding hydrogens is 525 g/mol. The van der Waals surface area contributed by atoms with Crippen LogP contribution < -0.4 is 4.74 Å². The smallest absolute Gasteiger partial charge is 0.466 e. The number of carbonyl (C=O) groups excluding carboxylic acids is 1. The molecule has 3 aromatic heterocycles. The summed E-state index contributed by atoms with van der Waals surface area (Å²) in [6.07, 6.45) is 0.240. The molecule has 1 aliphatic carbocycles. The van der Waals surface area contributed by atoms with E-state index in [1.165, 1.54) is 18.3 Å². The fraction of sp³-hybridized carbons (Fsp3) is 0.241. The summed E-state index contributed by atoms with van der Waals surface area (Å²) in [4.78, 5) is 24.0. The average Bonchev–Trinajstić information content (AvgIpc) is 3.65. The Labute approximate surface area is 226 Å². The van der Waals surface area contributed by atoms with Gasteiger partial charge >= 0.3 is 12.3 Å². The van der Waals surface area contributed by atoms with Gasteiger partial charge in [0.15, 0.2) is 0 Å². The zero-order valence-electron chi connectivity index (χ0n) is 21.3. The molecule has 0 bridgehead atoms. The van der Waals surface area contributed by atoms with E-state index in [1.807, 2.05) is 18.2 Å². The van der Waals surface area contributed by atoms with Gasteiger partial charge in [0.05, 0.1) is 13.0 Å². The highest BCUT2D eigenvalue weighted by Gasteiger charge is 2.32. The van der Waals surface area contributed by atoms with Crippen LogP contribution in [-0.2, 0) is 16.0 Å². The molecule has 204 valence electrons. The predicted octanol–water partition coefficient (Wildman–Crippen LogP) is 6.83. The summed E-state index contributed by atoms with van der Waals surface area (Å²) in [7, 11) is 0. The van der Waals surface area contributed by atoms with Gasteiger partial charge in [-0.15, -0.1) is 13.2 Å². The number of H-pyrrole nitrogens is 1. The van der Waals surface area contributed by atoms with Gasteiger partial charge in [-0.1, -0.05) is 11.2 Å². The number of carbonyl (C=O) groups is 1. The van der Waals surface area contributed by atoms with E-state index in [-0.39, 0.29) is 29.2 Å². The van der Waals surface area contributed by atoms with E-state index >= 15 is 0 Å². The van der Waals surface area contributed by atoms with Crippen molar-refractivity contribution in [2.75, 3.05) is 6.61 Å². The summed E-state index contributed by atoms with van der Waals surface area (Å²) in [5, 5.41) is 5.10. The van der Waals surface area contributed by atoms with Crippen molar-refractivity contribution in [3.05, 3.63) is 72.2 Å². The van der Waals surface area contributed by atoms with Crippen LogP contribution in [0.2, 0.25) is 0 Å². The highest BCUT2D eigenvalue weighted by atomic mass is 19.4. The number of ether oxygens (including phenoxy) is 2. The van der Waals surface area contributed by atoms with Crippen molar-refractivity contribution in [2.24, 2.45) is 0 Å². The van der Waals surface area contributed by atoms with E-state index in [4.69, 9.17) is 9.26 Å². The van der Waals surface area contributed by atoms with Crippen molar-refractivity contribution in [2.45, 2.75) is 38.5 Å². The molecule has 3 heterocycles. The number of aryl methyl sites for hydroxylation is 1. The lowest BCUT2D eigenvalue weighted by atomic mass is 10.0. The second-order valence-electron chi connectivity index (χ2n) is 9.48. The number of hydrogen-bond donors (Lipinski definition) is 1. The van der Waals surface area contributed by atoms with Crippen molar-refractivity contribution in [1.82, 2.24) is 20.1 Å². The van der Waals surface area contributed by atoms with Gasteiger partial charge in [-0.05, 0) is 73.4 Å². The second kappa shape index (κ2) is 10.1. The summed E-state index contributed by atoms with van der Waals surface area (Å²) in [5.41, 5.74) is 5.13. The van der Waals surface area contributed by atoms with Gasteiger partial charge in [0.25, 0.3) is 5.89 Å². The number of halogens is 3. The van der Waals surface area contributed by atoms with Gasteiger partial charge in [0.2, 0.25) is 5.82 Å². The average molecular weight is 549 g/mol. The van der Waals surface area contributed by atoms with Gasteiger partial charge in [-0.2, -0.15) is 4.98 Å². The fourth-order valence-electron chi connectivity index (χ4n) is 5.19. The van der Waals surface area contributed by atoms with E-state index in [0.717, 1.165) is 35.0 Å². The minimum absolute atomic E-state index is 0.0432. The number of nitrogens with one attached hydrogen (secondary N) is 1. The van der Waals surface area contributed by atoms with Crippen molar-refractivity contribution >= 4 is 16.9 Å². The molecule has 1 unspecified atom stereocenters. The molecule has 0 fully saturated rings. The molecular formula is C29H23F3N4O4. The van der Waals surface area contributed by atoms with Gasteiger partial charge in [0.1, 0.15) is 5.75 Å². The zero-order chi connectivity index (χ0) is 27.9. The van der Waals surface area contributed by atoms with Crippen LogP contribution in [0.4, 0.5) is 13.2 Å². The Kier molecular flexibility index (Phi) is 6.49. The summed E-state index contributed by atoms with van der Waals surface area (Å²) in [5.74, 6) is -0.220. The number of esters is 1. The third-order valence-corrected chi connectivity index (χ3v) is 6.87. The molecule has 1 atom stereocenters. The minimum atomic E-state index is -4.87. The molecule has 40 heavy (non-hydrogen) atoms. The summed E-state index contributed by atoms with van der Waals surface area (Å²) < 4.78 is 53.9. The molecule has 1 N–H and O–H groups in total. The Balaban J connectivity index is 1.33. The number of benzene rings is 2. The van der Waals surface area contributed by atoms with Crippen LogP contribution in [0.5, 0.6) is 5.75 Å². The van der Waals surface area contributed by atoms with Crippen molar-refractivity contribution in [1.29, 1.82) is 0 Å². The van der Waals surface area contributed by atoms with Crippen LogP contribution in [0.1, 0.15) is 36.9 Å². The van der Waals surface area contributed by atoms with Crippen molar-refractivity contribution in [3.8, 4) is 39.7 Å². The SMILES string of the molecule is CCOC(=O)CC1CCc2c1[nH]c1ccc(-c3noc(-c4cc(OC(F)(F)F)cc(-c5cccnc5)c4)n3)cc21. The number of fused-ring (bicyclic) bond motifs is 3. The number of pyridine rings is 1. The number of nitrogens with zero attached hydrogens (tertiary/aromatic N) is 3. The van der Waals surface area contributed by atoms with Gasteiger partial charge in [0, 0.05) is 51.6 Å². The lowest BCUT2D eigenvalue weighted by molar-refractivity contribution is -0.274. The first-order valence-electron chi connectivity index (χ1n) is 12.7. The van der Waals surface area contributed by atoms with Crippen LogP contribution >= 0.6 is 0 Å². The van der Waals surface area contributed by atoms with Gasteiger partial charge in [-0.3, -0.25) is 9.78 Å². The molecule has 0 spiro atoms. The first-order valence-corrected chi connectivity index (χ1v) is 12.7. The molecule has 2 aromatic carbocycles. The Bertz CT molecular complexity index is 1700. The summed E-state index contributed by atoms with van der Waals surface area (Å²) >= 11 is 0. The number of alkyl halides is 3. The third kappa shape index (κ3) is 5.14. The maximum Gasteiger partial charge on any atom is 0.573 e. The quantitative estimate of drug-likeness (QED) is 0.222. The summed E-state index contributed by atoms with van der Waals surface area (Å²) in [6, 6.07) is 13.2. The van der Waals surface area contributed by atoms with E-state index < -0.39 is 12.1 Å².